The van der Waals surface area contributed by atoms with Gasteiger partial charge in [0.1, 0.15) is 18.2 Å². The summed E-state index contributed by atoms with van der Waals surface area (Å²) < 4.78 is 28.3. The van der Waals surface area contributed by atoms with Crippen LogP contribution in [-0.2, 0) is 18.3 Å². The van der Waals surface area contributed by atoms with Crippen molar-refractivity contribution in [3.05, 3.63) is 58.5 Å². The molecular formula is C31H40FN3O4. The summed E-state index contributed by atoms with van der Waals surface area (Å²) in [6.45, 7) is 7.87. The Balaban J connectivity index is 1.28. The van der Waals surface area contributed by atoms with E-state index < -0.39 is 17.3 Å². The van der Waals surface area contributed by atoms with E-state index in [1.807, 2.05) is 33.0 Å². The smallest absolute Gasteiger partial charge is 0.258 e. The molecule has 1 saturated heterocycles. The third-order valence-electron chi connectivity index (χ3n) is 8.52. The number of nitrogens with one attached hydrogen (secondary N) is 2. The van der Waals surface area contributed by atoms with Gasteiger partial charge in [0.05, 0.1) is 22.8 Å². The molecular weight excluding hydrogens is 497 g/mol. The number of aryl methyl sites for hydroxylation is 3. The van der Waals surface area contributed by atoms with Crippen molar-refractivity contribution in [2.24, 2.45) is 7.05 Å². The van der Waals surface area contributed by atoms with E-state index in [4.69, 9.17) is 9.47 Å². The number of nitrogens with zero attached hydrogens (tertiary/aromatic N) is 1. The molecule has 2 aromatic carbocycles. The van der Waals surface area contributed by atoms with Gasteiger partial charge in [0, 0.05) is 49.1 Å². The predicted octanol–water partition coefficient (Wildman–Crippen LogP) is 5.53. The molecule has 2 heterocycles. The summed E-state index contributed by atoms with van der Waals surface area (Å²) >= 11 is 0. The largest absolute Gasteiger partial charge is 0.491 e. The Kier molecular flexibility index (Phi) is 7.99. The molecule has 5 rings (SSSR count). The summed E-state index contributed by atoms with van der Waals surface area (Å²) in [5.41, 5.74) is 4.45. The van der Waals surface area contributed by atoms with Gasteiger partial charge in [-0.3, -0.25) is 4.79 Å². The number of carbonyl (C=O) groups is 1. The number of fused-ring (bicyclic) bond motifs is 1. The van der Waals surface area contributed by atoms with E-state index in [9.17, 15) is 14.3 Å². The Hall–Kier alpha value is -2.94. The van der Waals surface area contributed by atoms with Crippen LogP contribution in [0.15, 0.2) is 30.3 Å². The van der Waals surface area contributed by atoms with Gasteiger partial charge < -0.3 is 29.8 Å². The Morgan fingerprint density at radius 1 is 1.18 bits per heavy atom. The number of amides is 1. The van der Waals surface area contributed by atoms with Crippen molar-refractivity contribution in [3.8, 4) is 5.75 Å². The SMILES string of the molecule is Cc1c(CN[C@H]2CC[C@@](C)(O)CC2)n(C)c2c(C)c(NC(=O)c3ccc(OC[C@@H]4CCCO4)cc3F)ccc12. The molecule has 2 aliphatic rings. The van der Waals surface area contributed by atoms with Crippen LogP contribution in [-0.4, -0.2) is 46.5 Å². The van der Waals surface area contributed by atoms with Gasteiger partial charge in [-0.2, -0.15) is 0 Å². The number of hydrogen-bond donors (Lipinski definition) is 3. The lowest BCUT2D eigenvalue weighted by molar-refractivity contribution is 0.0139. The molecule has 39 heavy (non-hydrogen) atoms. The average Bonchev–Trinajstić information content (AvgIpc) is 3.50. The number of halogens is 1. The maximum atomic E-state index is 14.9. The number of rotatable bonds is 8. The molecule has 1 atom stereocenters. The van der Waals surface area contributed by atoms with Gasteiger partial charge in [-0.05, 0) is 88.6 Å². The fourth-order valence-electron chi connectivity index (χ4n) is 5.97. The summed E-state index contributed by atoms with van der Waals surface area (Å²) in [5.74, 6) is -0.735. The van der Waals surface area contributed by atoms with Gasteiger partial charge in [-0.15, -0.1) is 0 Å². The van der Waals surface area contributed by atoms with Crippen LogP contribution in [0.3, 0.4) is 0 Å². The van der Waals surface area contributed by atoms with Crippen LogP contribution in [0.4, 0.5) is 10.1 Å². The normalized spacial score (nSPS) is 23.3. The van der Waals surface area contributed by atoms with Gasteiger partial charge in [0.15, 0.2) is 0 Å². The third kappa shape index (κ3) is 5.98. The molecule has 0 radical (unpaired) electrons. The number of aromatic nitrogens is 1. The summed E-state index contributed by atoms with van der Waals surface area (Å²) in [5, 5.41) is 18.0. The summed E-state index contributed by atoms with van der Waals surface area (Å²) in [4.78, 5) is 13.0. The highest BCUT2D eigenvalue weighted by Gasteiger charge is 2.28. The van der Waals surface area contributed by atoms with Gasteiger partial charge in [-0.1, -0.05) is 6.07 Å². The van der Waals surface area contributed by atoms with E-state index in [1.54, 1.807) is 6.07 Å². The zero-order chi connectivity index (χ0) is 27.7. The molecule has 1 saturated carbocycles. The summed E-state index contributed by atoms with van der Waals surface area (Å²) in [7, 11) is 2.05. The molecule has 3 N–H and O–H groups in total. The van der Waals surface area contributed by atoms with E-state index in [0.29, 0.717) is 24.1 Å². The first-order valence-electron chi connectivity index (χ1n) is 14.0. The van der Waals surface area contributed by atoms with E-state index in [-0.39, 0.29) is 11.7 Å². The minimum absolute atomic E-state index is 0.0293. The molecule has 2 fully saturated rings. The number of ether oxygens (including phenoxy) is 2. The fourth-order valence-corrected chi connectivity index (χ4v) is 5.97. The minimum Gasteiger partial charge on any atom is -0.491 e. The second kappa shape index (κ2) is 11.3. The molecule has 7 nitrogen and oxygen atoms in total. The van der Waals surface area contributed by atoms with Crippen LogP contribution in [0, 0.1) is 19.7 Å². The first kappa shape index (κ1) is 27.6. The van der Waals surface area contributed by atoms with Crippen molar-refractivity contribution in [1.29, 1.82) is 0 Å². The number of aliphatic hydroxyl groups is 1. The second-order valence-corrected chi connectivity index (χ2v) is 11.5. The highest BCUT2D eigenvalue weighted by molar-refractivity contribution is 6.06. The Bertz CT molecular complexity index is 1350. The monoisotopic (exact) mass is 537 g/mol. The van der Waals surface area contributed by atoms with E-state index in [0.717, 1.165) is 68.1 Å². The van der Waals surface area contributed by atoms with Crippen LogP contribution in [0.25, 0.3) is 10.9 Å². The van der Waals surface area contributed by atoms with Crippen molar-refractivity contribution in [3.63, 3.8) is 0 Å². The summed E-state index contributed by atoms with van der Waals surface area (Å²) in [6.07, 6.45) is 5.54. The first-order valence-corrected chi connectivity index (χ1v) is 14.0. The maximum Gasteiger partial charge on any atom is 0.258 e. The standard InChI is InChI=1S/C31H40FN3O4/c1-19-24-9-10-27(20(2)29(24)35(4)28(19)17-33-21-11-13-31(3,37)14-12-21)34-30(36)25-8-7-22(16-26(25)32)39-18-23-6-5-15-38-23/h7-10,16,21,23,33,37H,5-6,11-15,17-18H2,1-4H3,(H,34,36)/t21-,23-,31+/m0/s1. The van der Waals surface area contributed by atoms with E-state index in [2.05, 4.69) is 22.1 Å². The lowest BCUT2D eigenvalue weighted by Crippen LogP contribution is -2.39. The third-order valence-corrected chi connectivity index (χ3v) is 8.52. The van der Waals surface area contributed by atoms with E-state index in [1.165, 1.54) is 23.4 Å². The maximum absolute atomic E-state index is 14.9. The van der Waals surface area contributed by atoms with Crippen molar-refractivity contribution in [2.75, 3.05) is 18.5 Å². The van der Waals surface area contributed by atoms with Crippen LogP contribution in [0.2, 0.25) is 0 Å². The Morgan fingerprint density at radius 3 is 2.64 bits per heavy atom. The topological polar surface area (TPSA) is 84.8 Å². The van der Waals surface area contributed by atoms with Crippen LogP contribution in [0.5, 0.6) is 5.75 Å². The lowest BCUT2D eigenvalue weighted by atomic mass is 9.83. The van der Waals surface area contributed by atoms with Crippen LogP contribution in [0.1, 0.15) is 72.6 Å². The van der Waals surface area contributed by atoms with Crippen molar-refractivity contribution < 1.29 is 23.8 Å². The number of hydrogen-bond acceptors (Lipinski definition) is 5. The average molecular weight is 538 g/mol. The molecule has 1 aliphatic heterocycles. The van der Waals surface area contributed by atoms with Crippen LogP contribution < -0.4 is 15.4 Å². The molecule has 0 unspecified atom stereocenters. The molecule has 8 heteroatoms. The first-order chi connectivity index (χ1) is 18.6. The molecule has 3 aromatic rings. The predicted molar refractivity (Wildman–Crippen MR) is 151 cm³/mol. The Morgan fingerprint density at radius 2 is 1.95 bits per heavy atom. The Labute approximate surface area is 229 Å². The van der Waals surface area contributed by atoms with Crippen molar-refractivity contribution >= 4 is 22.5 Å². The van der Waals surface area contributed by atoms with Gasteiger partial charge in [0.2, 0.25) is 0 Å². The molecule has 1 amide bonds. The van der Waals surface area contributed by atoms with Gasteiger partial charge in [-0.25, -0.2) is 4.39 Å². The highest BCUT2D eigenvalue weighted by atomic mass is 19.1. The molecule has 0 spiro atoms. The van der Waals surface area contributed by atoms with Crippen molar-refractivity contribution in [2.45, 2.75) is 83.6 Å². The zero-order valence-electron chi connectivity index (χ0n) is 23.4. The molecule has 1 aliphatic carbocycles. The van der Waals surface area contributed by atoms with Crippen LogP contribution >= 0.6 is 0 Å². The number of carbonyl (C=O) groups excluding carboxylic acids is 1. The van der Waals surface area contributed by atoms with Crippen molar-refractivity contribution in [1.82, 2.24) is 9.88 Å². The number of anilines is 1. The molecule has 0 bridgehead atoms. The zero-order valence-corrected chi connectivity index (χ0v) is 23.4. The lowest BCUT2D eigenvalue weighted by Gasteiger charge is -2.33. The summed E-state index contributed by atoms with van der Waals surface area (Å²) in [6, 6.07) is 8.64. The van der Waals surface area contributed by atoms with E-state index >= 15 is 0 Å². The molecule has 1 aromatic heterocycles. The van der Waals surface area contributed by atoms with Gasteiger partial charge >= 0.3 is 0 Å². The second-order valence-electron chi connectivity index (χ2n) is 11.5. The molecule has 210 valence electrons. The van der Waals surface area contributed by atoms with Gasteiger partial charge in [0.25, 0.3) is 5.91 Å². The highest BCUT2D eigenvalue weighted by Crippen LogP contribution is 2.33. The number of benzene rings is 2. The minimum atomic E-state index is -0.622. The fraction of sp³-hybridized carbons (Fsp3) is 0.516. The quantitative estimate of drug-likeness (QED) is 0.352.